The molecule has 8 heteroatoms. The molecular weight excluding hydrogens is 301 g/mol. The van der Waals surface area contributed by atoms with Crippen molar-refractivity contribution in [1.29, 1.82) is 0 Å². The van der Waals surface area contributed by atoms with Crippen LogP contribution in [0, 0.1) is 0 Å². The van der Waals surface area contributed by atoms with E-state index in [2.05, 4.69) is 9.47 Å². The van der Waals surface area contributed by atoms with Gasteiger partial charge in [0.05, 0.1) is 19.8 Å². The Bertz CT molecular complexity index is 512. The first-order chi connectivity index (χ1) is 9.22. The molecule has 0 N–H and O–H groups in total. The Kier molecular flexibility index (Phi) is 4.99. The summed E-state index contributed by atoms with van der Waals surface area (Å²) >= 11 is 5.72. The van der Waals surface area contributed by atoms with Crippen LogP contribution in [0.15, 0.2) is 18.2 Å². The molecule has 1 rings (SSSR count). The van der Waals surface area contributed by atoms with Crippen LogP contribution in [0.25, 0.3) is 0 Å². The van der Waals surface area contributed by atoms with E-state index in [9.17, 15) is 22.8 Å². The summed E-state index contributed by atoms with van der Waals surface area (Å²) in [5, 5.41) is -0.374. The lowest BCUT2D eigenvalue weighted by molar-refractivity contribution is -0.154. The van der Waals surface area contributed by atoms with Crippen LogP contribution in [-0.4, -0.2) is 26.2 Å². The lowest BCUT2D eigenvalue weighted by atomic mass is 9.97. The van der Waals surface area contributed by atoms with Gasteiger partial charge < -0.3 is 9.47 Å². The number of hydrogen-bond acceptors (Lipinski definition) is 4. The highest BCUT2D eigenvalue weighted by atomic mass is 35.5. The lowest BCUT2D eigenvalue weighted by Crippen LogP contribution is -2.25. The summed E-state index contributed by atoms with van der Waals surface area (Å²) in [7, 11) is 2.08. The van der Waals surface area contributed by atoms with Gasteiger partial charge in [0, 0.05) is 5.02 Å². The molecule has 1 aromatic carbocycles. The summed E-state index contributed by atoms with van der Waals surface area (Å²) in [6, 6.07) is 2.31. The van der Waals surface area contributed by atoms with E-state index < -0.39 is 29.6 Å². The van der Waals surface area contributed by atoms with Crippen LogP contribution in [0.4, 0.5) is 13.2 Å². The van der Waals surface area contributed by atoms with Gasteiger partial charge in [-0.2, -0.15) is 13.2 Å². The van der Waals surface area contributed by atoms with Crippen LogP contribution in [-0.2, 0) is 25.2 Å². The first-order valence-corrected chi connectivity index (χ1v) is 5.62. The summed E-state index contributed by atoms with van der Waals surface area (Å²) in [6.45, 7) is 0. The Morgan fingerprint density at radius 1 is 1.15 bits per heavy atom. The average Bonchev–Trinajstić information content (AvgIpc) is 2.38. The normalized spacial score (nSPS) is 11.3. The van der Waals surface area contributed by atoms with Crippen molar-refractivity contribution in [3.8, 4) is 0 Å². The van der Waals surface area contributed by atoms with Gasteiger partial charge in [0.2, 0.25) is 0 Å². The molecule has 1 aromatic rings. The third-order valence-corrected chi connectivity index (χ3v) is 2.84. The van der Waals surface area contributed by atoms with E-state index in [1.807, 2.05) is 0 Å². The third kappa shape index (κ3) is 3.41. The molecule has 0 heterocycles. The molecule has 0 saturated carbocycles. The van der Waals surface area contributed by atoms with Gasteiger partial charge in [-0.3, -0.25) is 9.59 Å². The molecule has 110 valence electrons. The highest BCUT2D eigenvalue weighted by Gasteiger charge is 2.35. The zero-order valence-electron chi connectivity index (χ0n) is 10.5. The highest BCUT2D eigenvalue weighted by molar-refractivity contribution is 6.32. The summed E-state index contributed by atoms with van der Waals surface area (Å²) in [5.74, 6) is -3.48. The minimum atomic E-state index is -4.58. The van der Waals surface area contributed by atoms with Gasteiger partial charge in [0.15, 0.2) is 5.92 Å². The van der Waals surface area contributed by atoms with Crippen LogP contribution in [0.1, 0.15) is 17.0 Å². The second-order valence-electron chi connectivity index (χ2n) is 3.71. The van der Waals surface area contributed by atoms with Crippen molar-refractivity contribution < 1.29 is 32.2 Å². The van der Waals surface area contributed by atoms with Crippen molar-refractivity contribution in [3.63, 3.8) is 0 Å². The highest BCUT2D eigenvalue weighted by Crippen LogP contribution is 2.34. The number of carbonyl (C=O) groups excluding carboxylic acids is 2. The molecule has 0 saturated heterocycles. The van der Waals surface area contributed by atoms with Crippen molar-refractivity contribution in [2.45, 2.75) is 12.1 Å². The molecule has 0 aliphatic rings. The predicted octanol–water partition coefficient (Wildman–Crippen LogP) is 2.79. The van der Waals surface area contributed by atoms with Crippen LogP contribution in [0.5, 0.6) is 0 Å². The van der Waals surface area contributed by atoms with Gasteiger partial charge in [-0.05, 0) is 17.7 Å². The second-order valence-corrected chi connectivity index (χ2v) is 4.12. The maximum absolute atomic E-state index is 12.5. The quantitative estimate of drug-likeness (QED) is 0.636. The molecule has 0 aromatic heterocycles. The van der Waals surface area contributed by atoms with Gasteiger partial charge in [0.1, 0.15) is 0 Å². The summed E-state index contributed by atoms with van der Waals surface area (Å²) in [6.07, 6.45) is -4.58. The van der Waals surface area contributed by atoms with E-state index >= 15 is 0 Å². The fourth-order valence-electron chi connectivity index (χ4n) is 1.52. The largest absolute Gasteiger partial charge is 0.468 e. The van der Waals surface area contributed by atoms with E-state index in [0.29, 0.717) is 6.07 Å². The van der Waals surface area contributed by atoms with Gasteiger partial charge in [-0.25, -0.2) is 0 Å². The van der Waals surface area contributed by atoms with Gasteiger partial charge >= 0.3 is 18.1 Å². The number of halogens is 4. The standard InChI is InChI=1S/C12H10ClF3O4/c1-19-10(17)9(11(18)20-2)7-4-3-6(5-8(7)13)12(14,15)16/h3-5,9H,1-2H3. The van der Waals surface area contributed by atoms with Gasteiger partial charge in [0.25, 0.3) is 0 Å². The number of benzene rings is 1. The molecule has 0 amide bonds. The van der Waals surface area contributed by atoms with Crippen molar-refractivity contribution >= 4 is 23.5 Å². The minimum absolute atomic E-state index is 0.113. The molecule has 0 aliphatic carbocycles. The monoisotopic (exact) mass is 310 g/mol. The van der Waals surface area contributed by atoms with Crippen LogP contribution in [0.2, 0.25) is 5.02 Å². The lowest BCUT2D eigenvalue weighted by Gasteiger charge is -2.15. The van der Waals surface area contributed by atoms with Crippen LogP contribution in [0.3, 0.4) is 0 Å². The average molecular weight is 311 g/mol. The van der Waals surface area contributed by atoms with Crippen molar-refractivity contribution in [2.24, 2.45) is 0 Å². The zero-order chi connectivity index (χ0) is 15.5. The SMILES string of the molecule is COC(=O)C(C(=O)OC)c1ccc(C(F)(F)F)cc1Cl. The van der Waals surface area contributed by atoms with E-state index in [-0.39, 0.29) is 10.6 Å². The van der Waals surface area contributed by atoms with Crippen LogP contribution < -0.4 is 0 Å². The molecule has 4 nitrogen and oxygen atoms in total. The van der Waals surface area contributed by atoms with Gasteiger partial charge in [-0.1, -0.05) is 17.7 Å². The minimum Gasteiger partial charge on any atom is -0.468 e. The molecular formula is C12H10ClF3O4. The number of ether oxygens (including phenoxy) is 2. The number of rotatable bonds is 3. The topological polar surface area (TPSA) is 52.6 Å². The Balaban J connectivity index is 3.29. The van der Waals surface area contributed by atoms with Crippen molar-refractivity contribution in [1.82, 2.24) is 0 Å². The number of alkyl halides is 3. The number of esters is 2. The Morgan fingerprint density at radius 3 is 2.00 bits per heavy atom. The number of methoxy groups -OCH3 is 2. The maximum Gasteiger partial charge on any atom is 0.416 e. The first-order valence-electron chi connectivity index (χ1n) is 5.24. The third-order valence-electron chi connectivity index (χ3n) is 2.51. The fourth-order valence-corrected chi connectivity index (χ4v) is 1.81. The van der Waals surface area contributed by atoms with E-state index in [1.54, 1.807) is 0 Å². The molecule has 0 aliphatic heterocycles. The molecule has 0 spiro atoms. The Hall–Kier alpha value is -1.76. The van der Waals surface area contributed by atoms with Gasteiger partial charge in [-0.15, -0.1) is 0 Å². The Morgan fingerprint density at radius 2 is 1.65 bits per heavy atom. The summed E-state index contributed by atoms with van der Waals surface area (Å²) in [5.41, 5.74) is -1.10. The summed E-state index contributed by atoms with van der Waals surface area (Å²) < 4.78 is 46.4. The van der Waals surface area contributed by atoms with Crippen molar-refractivity contribution in [2.75, 3.05) is 14.2 Å². The second kappa shape index (κ2) is 6.13. The van der Waals surface area contributed by atoms with Crippen LogP contribution >= 0.6 is 11.6 Å². The smallest absolute Gasteiger partial charge is 0.416 e. The van der Waals surface area contributed by atoms with E-state index in [0.717, 1.165) is 26.4 Å². The maximum atomic E-state index is 12.5. The molecule has 20 heavy (non-hydrogen) atoms. The predicted molar refractivity (Wildman–Crippen MR) is 63.2 cm³/mol. The molecule has 0 bridgehead atoms. The van der Waals surface area contributed by atoms with E-state index in [1.165, 1.54) is 0 Å². The molecule has 0 atom stereocenters. The molecule has 0 unspecified atom stereocenters. The first kappa shape index (κ1) is 16.3. The summed E-state index contributed by atoms with van der Waals surface area (Å²) in [4.78, 5) is 23.1. The number of hydrogen-bond donors (Lipinski definition) is 0. The molecule has 0 fully saturated rings. The van der Waals surface area contributed by atoms with Crippen molar-refractivity contribution in [3.05, 3.63) is 34.3 Å². The Labute approximate surface area is 117 Å². The molecule has 0 radical (unpaired) electrons. The van der Waals surface area contributed by atoms with E-state index in [4.69, 9.17) is 11.6 Å². The zero-order valence-corrected chi connectivity index (χ0v) is 11.2. The fraction of sp³-hybridized carbons (Fsp3) is 0.333. The number of carbonyl (C=O) groups is 2.